The van der Waals surface area contributed by atoms with Crippen LogP contribution in [0.15, 0.2) is 60.0 Å². The maximum absolute atomic E-state index is 12.5. The molecule has 0 atom stereocenters. The number of thioether (sulfide) groups is 1. The highest BCUT2D eigenvalue weighted by atomic mass is 32.2. The first-order valence-electron chi connectivity index (χ1n) is 9.01. The van der Waals surface area contributed by atoms with Crippen LogP contribution in [-0.4, -0.2) is 52.5 Å². The van der Waals surface area contributed by atoms with Crippen LogP contribution in [0.3, 0.4) is 0 Å². The molecule has 0 unspecified atom stereocenters. The number of carbonyl (C=O) groups is 4. The molecule has 1 heterocycles. The number of aliphatic carboxylic acids is 1. The second-order valence-electron chi connectivity index (χ2n) is 6.36. The first kappa shape index (κ1) is 21.1. The predicted molar refractivity (Wildman–Crippen MR) is 114 cm³/mol. The van der Waals surface area contributed by atoms with Crippen LogP contribution in [0.2, 0.25) is 0 Å². The van der Waals surface area contributed by atoms with Gasteiger partial charge < -0.3 is 20.6 Å². The van der Waals surface area contributed by atoms with Crippen molar-refractivity contribution in [2.75, 3.05) is 24.2 Å². The van der Waals surface area contributed by atoms with Gasteiger partial charge in [0.25, 0.3) is 5.91 Å². The Kier molecular flexibility index (Phi) is 6.87. The number of carbonyl (C=O) groups excluding carboxylic acids is 3. The summed E-state index contributed by atoms with van der Waals surface area (Å²) in [5.74, 6) is -1.92. The summed E-state index contributed by atoms with van der Waals surface area (Å²) in [6.07, 6.45) is 0. The fourth-order valence-corrected chi connectivity index (χ4v) is 3.58. The van der Waals surface area contributed by atoms with Gasteiger partial charge in [0, 0.05) is 11.3 Å². The van der Waals surface area contributed by atoms with Crippen molar-refractivity contribution in [1.82, 2.24) is 10.2 Å². The van der Waals surface area contributed by atoms with Crippen molar-refractivity contribution < 1.29 is 24.3 Å². The first-order valence-corrected chi connectivity index (χ1v) is 10.1. The van der Waals surface area contributed by atoms with Crippen molar-refractivity contribution in [3.8, 4) is 0 Å². The normalized spacial score (nSPS) is 13.4. The summed E-state index contributed by atoms with van der Waals surface area (Å²) >= 11 is 1.39. The third-order valence-corrected chi connectivity index (χ3v) is 5.00. The van der Waals surface area contributed by atoms with Gasteiger partial charge in [-0.15, -0.1) is 11.8 Å². The van der Waals surface area contributed by atoms with Gasteiger partial charge in [-0.05, 0) is 35.2 Å². The van der Waals surface area contributed by atoms with Crippen LogP contribution in [0.25, 0.3) is 5.70 Å². The molecule has 154 valence electrons. The van der Waals surface area contributed by atoms with Crippen molar-refractivity contribution in [2.24, 2.45) is 0 Å². The molecule has 2 aromatic rings. The van der Waals surface area contributed by atoms with E-state index in [-0.39, 0.29) is 29.7 Å². The molecule has 3 rings (SSSR count). The number of hydrogen-bond acceptors (Lipinski definition) is 5. The van der Waals surface area contributed by atoms with Crippen molar-refractivity contribution in [3.05, 3.63) is 71.1 Å². The molecule has 9 heteroatoms. The zero-order chi connectivity index (χ0) is 21.5. The summed E-state index contributed by atoms with van der Waals surface area (Å²) in [6, 6.07) is 15.4. The summed E-state index contributed by atoms with van der Waals surface area (Å²) in [4.78, 5) is 48.7. The van der Waals surface area contributed by atoms with Crippen LogP contribution in [-0.2, 0) is 14.4 Å². The number of carboxylic acid groups (broad SMARTS) is 1. The Hall–Kier alpha value is -3.59. The van der Waals surface area contributed by atoms with Gasteiger partial charge in [-0.2, -0.15) is 0 Å². The lowest BCUT2D eigenvalue weighted by Crippen LogP contribution is -2.39. The lowest BCUT2D eigenvalue weighted by molar-refractivity contribution is -0.135. The minimum absolute atomic E-state index is 0.138. The molecule has 3 N–H and O–H groups in total. The van der Waals surface area contributed by atoms with Crippen LogP contribution in [0.4, 0.5) is 5.69 Å². The third kappa shape index (κ3) is 5.48. The standard InChI is InChI=1S/C21H19N3O5S/c25-18(23-16-8-6-15(7-9-16)21(29)22-10-20(27)28)11-24-17(12-30-13-19(24)26)14-4-2-1-3-5-14/h1-9,12H,10-11,13H2,(H,22,29)(H,23,25)(H,27,28). The number of nitrogens with zero attached hydrogens (tertiary/aromatic N) is 1. The Morgan fingerprint density at radius 2 is 1.73 bits per heavy atom. The fourth-order valence-electron chi connectivity index (χ4n) is 2.78. The second kappa shape index (κ2) is 9.75. The molecule has 8 nitrogen and oxygen atoms in total. The molecular formula is C21H19N3O5S. The molecule has 1 aliphatic rings. The SMILES string of the molecule is O=C(O)CNC(=O)c1ccc(NC(=O)CN2C(=O)CSC=C2c2ccccc2)cc1. The zero-order valence-electron chi connectivity index (χ0n) is 15.8. The van der Waals surface area contributed by atoms with Gasteiger partial charge in [0.1, 0.15) is 13.1 Å². The smallest absolute Gasteiger partial charge is 0.322 e. The molecule has 0 saturated carbocycles. The van der Waals surface area contributed by atoms with Gasteiger partial charge >= 0.3 is 5.97 Å². The maximum Gasteiger partial charge on any atom is 0.322 e. The van der Waals surface area contributed by atoms with E-state index in [1.807, 2.05) is 35.7 Å². The zero-order valence-corrected chi connectivity index (χ0v) is 16.6. The summed E-state index contributed by atoms with van der Waals surface area (Å²) in [5.41, 5.74) is 2.26. The number of anilines is 1. The number of hydrogen-bond donors (Lipinski definition) is 3. The number of benzene rings is 2. The van der Waals surface area contributed by atoms with Crippen LogP contribution < -0.4 is 10.6 Å². The first-order chi connectivity index (χ1) is 14.4. The molecule has 0 fully saturated rings. The second-order valence-corrected chi connectivity index (χ2v) is 7.22. The van der Waals surface area contributed by atoms with E-state index < -0.39 is 18.4 Å². The lowest BCUT2D eigenvalue weighted by Gasteiger charge is -2.28. The minimum Gasteiger partial charge on any atom is -0.480 e. The molecular weight excluding hydrogens is 406 g/mol. The third-order valence-electron chi connectivity index (χ3n) is 4.20. The highest BCUT2D eigenvalue weighted by molar-refractivity contribution is 8.03. The molecule has 0 radical (unpaired) electrons. The minimum atomic E-state index is -1.14. The molecule has 0 aromatic heterocycles. The van der Waals surface area contributed by atoms with Gasteiger partial charge in [0.2, 0.25) is 11.8 Å². The summed E-state index contributed by atoms with van der Waals surface area (Å²) in [7, 11) is 0. The average molecular weight is 425 g/mol. The van der Waals surface area contributed by atoms with Crippen LogP contribution in [0.1, 0.15) is 15.9 Å². The molecule has 3 amide bonds. The number of amides is 3. The Bertz CT molecular complexity index is 989. The Balaban J connectivity index is 1.63. The summed E-state index contributed by atoms with van der Waals surface area (Å²) < 4.78 is 0. The molecule has 2 aromatic carbocycles. The van der Waals surface area contributed by atoms with E-state index in [0.29, 0.717) is 11.4 Å². The van der Waals surface area contributed by atoms with Gasteiger partial charge in [-0.25, -0.2) is 0 Å². The van der Waals surface area contributed by atoms with E-state index in [0.717, 1.165) is 5.56 Å². The lowest BCUT2D eigenvalue weighted by atomic mass is 10.1. The van der Waals surface area contributed by atoms with E-state index in [2.05, 4.69) is 10.6 Å². The Morgan fingerprint density at radius 1 is 1.03 bits per heavy atom. The van der Waals surface area contributed by atoms with E-state index >= 15 is 0 Å². The van der Waals surface area contributed by atoms with Gasteiger partial charge in [-0.3, -0.25) is 19.2 Å². The predicted octanol–water partition coefficient (Wildman–Crippen LogP) is 2.01. The van der Waals surface area contributed by atoms with Crippen molar-refractivity contribution in [3.63, 3.8) is 0 Å². The number of nitrogens with one attached hydrogen (secondary N) is 2. The monoisotopic (exact) mass is 425 g/mol. The van der Waals surface area contributed by atoms with E-state index in [9.17, 15) is 19.2 Å². The van der Waals surface area contributed by atoms with Crippen molar-refractivity contribution in [1.29, 1.82) is 0 Å². The number of rotatable bonds is 7. The highest BCUT2D eigenvalue weighted by Crippen LogP contribution is 2.28. The topological polar surface area (TPSA) is 116 Å². The maximum atomic E-state index is 12.5. The quantitative estimate of drug-likeness (QED) is 0.625. The van der Waals surface area contributed by atoms with E-state index in [1.54, 1.807) is 0 Å². The van der Waals surface area contributed by atoms with Gasteiger partial charge in [0.05, 0.1) is 11.4 Å². The molecule has 0 aliphatic carbocycles. The summed E-state index contributed by atoms with van der Waals surface area (Å²) in [6.45, 7) is -0.613. The number of carboxylic acids is 1. The van der Waals surface area contributed by atoms with E-state index in [4.69, 9.17) is 5.11 Å². The van der Waals surface area contributed by atoms with E-state index in [1.165, 1.54) is 40.9 Å². The average Bonchev–Trinajstić information content (AvgIpc) is 2.74. The Morgan fingerprint density at radius 3 is 2.40 bits per heavy atom. The fraction of sp³-hybridized carbons (Fsp3) is 0.143. The largest absolute Gasteiger partial charge is 0.480 e. The Labute approximate surface area is 177 Å². The molecule has 30 heavy (non-hydrogen) atoms. The van der Waals surface area contributed by atoms with Gasteiger partial charge in [-0.1, -0.05) is 30.3 Å². The highest BCUT2D eigenvalue weighted by Gasteiger charge is 2.25. The van der Waals surface area contributed by atoms with Crippen molar-refractivity contribution in [2.45, 2.75) is 0 Å². The molecule has 0 saturated heterocycles. The molecule has 0 bridgehead atoms. The van der Waals surface area contributed by atoms with Gasteiger partial charge in [0.15, 0.2) is 0 Å². The van der Waals surface area contributed by atoms with Crippen molar-refractivity contribution >= 4 is 46.8 Å². The molecule has 0 spiro atoms. The van der Waals surface area contributed by atoms with Crippen LogP contribution in [0.5, 0.6) is 0 Å². The van der Waals surface area contributed by atoms with Crippen LogP contribution in [0, 0.1) is 0 Å². The van der Waals surface area contributed by atoms with Crippen LogP contribution >= 0.6 is 11.8 Å². The molecule has 1 aliphatic heterocycles. The summed E-state index contributed by atoms with van der Waals surface area (Å²) in [5, 5.41) is 15.4.